The highest BCUT2D eigenvalue weighted by molar-refractivity contribution is 8.07. The maximum absolute atomic E-state index is 13.2. The number of nitriles is 1. The van der Waals surface area contributed by atoms with E-state index in [4.69, 9.17) is 24.7 Å². The van der Waals surface area contributed by atoms with Crippen molar-refractivity contribution in [2.45, 2.75) is 12.8 Å². The topological polar surface area (TPSA) is 141 Å². The van der Waals surface area contributed by atoms with E-state index < -0.39 is 23.8 Å². The van der Waals surface area contributed by atoms with Crippen LogP contribution in [0.4, 0.5) is 0 Å². The van der Waals surface area contributed by atoms with Gasteiger partial charge in [0.2, 0.25) is 0 Å². The molecule has 2 N–H and O–H groups in total. The molecule has 0 fully saturated rings. The number of benzene rings is 1. The average Bonchev–Trinajstić information content (AvgIpc) is 2.82. The molecular formula is C22H21N3O7S. The molecular weight excluding hydrogens is 450 g/mol. The molecule has 1 aromatic rings. The fourth-order valence-electron chi connectivity index (χ4n) is 3.50. The zero-order chi connectivity index (χ0) is 24.3. The van der Waals surface area contributed by atoms with Crippen molar-refractivity contribution in [2.24, 2.45) is 5.73 Å². The van der Waals surface area contributed by atoms with Crippen LogP contribution >= 0.6 is 11.8 Å². The van der Waals surface area contributed by atoms with E-state index in [1.807, 2.05) is 6.07 Å². The SMILES string of the molecule is CCOC(=O)C1=C2SC(C(=O)OC)=CC(=O)N2C(N)=C(C#N)[C@H]1c1ccc(OC)cc1OC. The minimum absolute atomic E-state index is 0.0288. The van der Waals surface area contributed by atoms with Crippen molar-refractivity contribution in [1.82, 2.24) is 4.90 Å². The Morgan fingerprint density at radius 2 is 1.94 bits per heavy atom. The van der Waals surface area contributed by atoms with Gasteiger partial charge in [-0.3, -0.25) is 9.69 Å². The van der Waals surface area contributed by atoms with E-state index in [0.717, 1.165) is 22.7 Å². The van der Waals surface area contributed by atoms with Gasteiger partial charge in [-0.05, 0) is 13.0 Å². The summed E-state index contributed by atoms with van der Waals surface area (Å²) < 4.78 is 20.7. The lowest BCUT2D eigenvalue weighted by atomic mass is 9.82. The number of esters is 2. The first-order valence-electron chi connectivity index (χ1n) is 9.67. The molecule has 1 atom stereocenters. The fourth-order valence-corrected chi connectivity index (χ4v) is 4.63. The number of amides is 1. The highest BCUT2D eigenvalue weighted by Gasteiger charge is 2.45. The van der Waals surface area contributed by atoms with Gasteiger partial charge in [-0.2, -0.15) is 5.26 Å². The Labute approximate surface area is 194 Å². The van der Waals surface area contributed by atoms with Crippen molar-refractivity contribution < 1.29 is 33.3 Å². The van der Waals surface area contributed by atoms with Crippen molar-refractivity contribution in [3.8, 4) is 17.6 Å². The first-order valence-corrected chi connectivity index (χ1v) is 10.5. The van der Waals surface area contributed by atoms with Gasteiger partial charge in [-0.15, -0.1) is 0 Å². The summed E-state index contributed by atoms with van der Waals surface area (Å²) in [6.07, 6.45) is 1.04. The molecule has 0 aromatic heterocycles. The van der Waals surface area contributed by atoms with Crippen LogP contribution in [0.1, 0.15) is 18.4 Å². The number of thioether (sulfide) groups is 1. The summed E-state index contributed by atoms with van der Waals surface area (Å²) in [5.74, 6) is -2.60. The molecule has 0 unspecified atom stereocenters. The number of carbonyl (C=O) groups excluding carboxylic acids is 3. The van der Waals surface area contributed by atoms with Crippen LogP contribution in [-0.4, -0.2) is 50.7 Å². The lowest BCUT2D eigenvalue weighted by Gasteiger charge is -2.37. The summed E-state index contributed by atoms with van der Waals surface area (Å²) in [6, 6.07) is 6.89. The summed E-state index contributed by atoms with van der Waals surface area (Å²) in [5, 5.41) is 10.0. The standard InChI is InChI=1S/C22H21N3O7S/c1-5-32-22(28)18-17(12-7-6-11(29-2)8-14(12)30-3)13(10-23)19(24)25-16(26)9-15(21(27)31-4)33-20(18)25/h6-9,17H,5,24H2,1-4H3/t17-/m1/s1. The van der Waals surface area contributed by atoms with Crippen LogP contribution in [0.25, 0.3) is 0 Å². The van der Waals surface area contributed by atoms with E-state index in [2.05, 4.69) is 0 Å². The maximum Gasteiger partial charge on any atom is 0.344 e. The van der Waals surface area contributed by atoms with E-state index in [9.17, 15) is 19.6 Å². The molecule has 33 heavy (non-hydrogen) atoms. The van der Waals surface area contributed by atoms with Crippen molar-refractivity contribution in [3.63, 3.8) is 0 Å². The minimum atomic E-state index is -1.03. The third-order valence-corrected chi connectivity index (χ3v) is 6.06. The highest BCUT2D eigenvalue weighted by Crippen LogP contribution is 2.50. The number of hydrogen-bond donors (Lipinski definition) is 1. The van der Waals surface area contributed by atoms with Crippen LogP contribution in [0.5, 0.6) is 11.5 Å². The molecule has 2 aliphatic heterocycles. The molecule has 0 aliphatic carbocycles. The Morgan fingerprint density at radius 1 is 1.21 bits per heavy atom. The van der Waals surface area contributed by atoms with Crippen LogP contribution < -0.4 is 15.2 Å². The summed E-state index contributed by atoms with van der Waals surface area (Å²) in [7, 11) is 4.10. The molecule has 0 saturated carbocycles. The molecule has 0 radical (unpaired) electrons. The normalized spacial score (nSPS) is 17.7. The Kier molecular flexibility index (Phi) is 6.98. The Morgan fingerprint density at radius 3 is 2.52 bits per heavy atom. The molecule has 11 heteroatoms. The zero-order valence-corrected chi connectivity index (χ0v) is 19.1. The second-order valence-corrected chi connectivity index (χ2v) is 7.70. The van der Waals surface area contributed by atoms with Gasteiger partial charge in [0.15, 0.2) is 0 Å². The van der Waals surface area contributed by atoms with Gasteiger partial charge in [0.1, 0.15) is 27.3 Å². The summed E-state index contributed by atoms with van der Waals surface area (Å²) >= 11 is 0.831. The number of fused-ring (bicyclic) bond motifs is 1. The van der Waals surface area contributed by atoms with E-state index in [1.54, 1.807) is 25.1 Å². The largest absolute Gasteiger partial charge is 0.497 e. The Bertz CT molecular complexity index is 1160. The van der Waals surface area contributed by atoms with Crippen molar-refractivity contribution >= 4 is 29.6 Å². The smallest absolute Gasteiger partial charge is 0.344 e. The highest BCUT2D eigenvalue weighted by atomic mass is 32.2. The number of nitrogens with two attached hydrogens (primary N) is 1. The van der Waals surface area contributed by atoms with Crippen molar-refractivity contribution in [2.75, 3.05) is 27.9 Å². The predicted molar refractivity (Wildman–Crippen MR) is 117 cm³/mol. The fraction of sp³-hybridized carbons (Fsp3) is 0.273. The Balaban J connectivity index is 2.35. The number of rotatable bonds is 6. The maximum atomic E-state index is 13.2. The van der Waals surface area contributed by atoms with E-state index >= 15 is 0 Å². The van der Waals surface area contributed by atoms with Crippen LogP contribution in [0.15, 0.2) is 51.2 Å². The first-order chi connectivity index (χ1) is 15.8. The lowest BCUT2D eigenvalue weighted by molar-refractivity contribution is -0.139. The van der Waals surface area contributed by atoms with Gasteiger partial charge in [-0.25, -0.2) is 9.59 Å². The van der Waals surface area contributed by atoms with Gasteiger partial charge >= 0.3 is 11.9 Å². The third-order valence-electron chi connectivity index (χ3n) is 4.96. The minimum Gasteiger partial charge on any atom is -0.497 e. The van der Waals surface area contributed by atoms with Crippen LogP contribution in [0.2, 0.25) is 0 Å². The van der Waals surface area contributed by atoms with Gasteiger partial charge in [0.05, 0.1) is 51.1 Å². The average molecular weight is 471 g/mol. The van der Waals surface area contributed by atoms with Crippen molar-refractivity contribution in [1.29, 1.82) is 5.26 Å². The van der Waals surface area contributed by atoms with Gasteiger partial charge in [0.25, 0.3) is 5.91 Å². The number of methoxy groups -OCH3 is 3. The van der Waals surface area contributed by atoms with Crippen LogP contribution in [0.3, 0.4) is 0 Å². The van der Waals surface area contributed by atoms with Crippen molar-refractivity contribution in [3.05, 3.63) is 56.7 Å². The van der Waals surface area contributed by atoms with Gasteiger partial charge in [-0.1, -0.05) is 17.8 Å². The van der Waals surface area contributed by atoms with E-state index in [0.29, 0.717) is 17.1 Å². The zero-order valence-electron chi connectivity index (χ0n) is 18.3. The molecule has 2 heterocycles. The number of carbonyl (C=O) groups is 3. The third kappa shape index (κ3) is 4.12. The number of allylic oxidation sites excluding steroid dienone is 1. The second-order valence-electron chi connectivity index (χ2n) is 6.67. The lowest BCUT2D eigenvalue weighted by Crippen LogP contribution is -2.41. The number of nitrogens with zero attached hydrogens (tertiary/aromatic N) is 2. The van der Waals surface area contributed by atoms with E-state index in [1.165, 1.54) is 21.3 Å². The first kappa shape index (κ1) is 23.7. The molecule has 1 amide bonds. The summed E-state index contributed by atoms with van der Waals surface area (Å²) in [4.78, 5) is 39.2. The summed E-state index contributed by atoms with van der Waals surface area (Å²) in [5.41, 5.74) is 6.60. The molecule has 2 aliphatic rings. The molecule has 1 aromatic carbocycles. The van der Waals surface area contributed by atoms with Gasteiger partial charge in [0, 0.05) is 17.7 Å². The Hall–Kier alpha value is -3.91. The summed E-state index contributed by atoms with van der Waals surface area (Å²) in [6.45, 7) is 1.67. The predicted octanol–water partition coefficient (Wildman–Crippen LogP) is 1.90. The number of hydrogen-bond acceptors (Lipinski definition) is 10. The molecule has 3 rings (SSSR count). The molecule has 0 saturated heterocycles. The monoisotopic (exact) mass is 471 g/mol. The van der Waals surface area contributed by atoms with E-state index in [-0.39, 0.29) is 33.5 Å². The molecule has 10 nitrogen and oxygen atoms in total. The molecule has 0 spiro atoms. The molecule has 0 bridgehead atoms. The quantitative estimate of drug-likeness (QED) is 0.611. The van der Waals surface area contributed by atoms with Gasteiger partial charge < -0.3 is 24.7 Å². The van der Waals surface area contributed by atoms with Crippen LogP contribution in [-0.2, 0) is 23.9 Å². The number of ether oxygens (including phenoxy) is 4. The van der Waals surface area contributed by atoms with Crippen LogP contribution in [0, 0.1) is 11.3 Å². The second kappa shape index (κ2) is 9.70. The molecule has 172 valence electrons.